The Labute approximate surface area is 177 Å². The van der Waals surface area contributed by atoms with Gasteiger partial charge < -0.3 is 4.57 Å². The molecule has 0 fully saturated rings. The van der Waals surface area contributed by atoms with Crippen molar-refractivity contribution >= 4 is 47.1 Å². The summed E-state index contributed by atoms with van der Waals surface area (Å²) < 4.78 is 2.03. The molecule has 0 saturated carbocycles. The van der Waals surface area contributed by atoms with Crippen molar-refractivity contribution in [2.75, 3.05) is 5.75 Å². The Morgan fingerprint density at radius 3 is 2.54 bits per heavy atom. The van der Waals surface area contributed by atoms with Crippen LogP contribution in [0.4, 0.5) is 0 Å². The third-order valence-corrected chi connectivity index (χ3v) is 5.16. The van der Waals surface area contributed by atoms with Gasteiger partial charge in [0.15, 0.2) is 5.16 Å². The normalized spacial score (nSPS) is 11.1. The lowest BCUT2D eigenvalue weighted by Crippen LogP contribution is -2.19. The first-order valence-electron chi connectivity index (χ1n) is 8.31. The highest BCUT2D eigenvalue weighted by Gasteiger charge is 2.11. The Hall–Kier alpha value is -2.35. The van der Waals surface area contributed by atoms with Crippen LogP contribution in [0.3, 0.4) is 0 Å². The molecule has 0 bridgehead atoms. The van der Waals surface area contributed by atoms with Crippen molar-refractivity contribution in [2.24, 2.45) is 5.10 Å². The minimum Gasteiger partial charge on any atom is -0.318 e. The van der Waals surface area contributed by atoms with Gasteiger partial charge in [0.1, 0.15) is 0 Å². The van der Waals surface area contributed by atoms with E-state index in [-0.39, 0.29) is 11.7 Å². The Kier molecular flexibility index (Phi) is 6.72. The molecule has 0 radical (unpaired) electrons. The zero-order valence-electron chi connectivity index (χ0n) is 15.2. The van der Waals surface area contributed by atoms with Gasteiger partial charge in [-0.15, -0.1) is 0 Å². The fraction of sp³-hybridized carbons (Fsp3) is 0.158. The van der Waals surface area contributed by atoms with Gasteiger partial charge in [0, 0.05) is 45.1 Å². The van der Waals surface area contributed by atoms with Crippen LogP contribution in [-0.2, 0) is 4.79 Å². The fourth-order valence-electron chi connectivity index (χ4n) is 2.68. The monoisotopic (exact) mass is 433 g/mol. The number of hydrogen-bond donors (Lipinski definition) is 1. The second-order valence-corrected chi connectivity index (χ2v) is 7.72. The SMILES string of the molecule is Cc1cc(/C=N\NC(=O)CSc2ncccn2)c(C)n1-c1cc(Cl)cc(Cl)c1. The van der Waals surface area contributed by atoms with Crippen molar-refractivity contribution in [1.29, 1.82) is 0 Å². The van der Waals surface area contributed by atoms with E-state index in [0.29, 0.717) is 15.2 Å². The number of aryl methyl sites for hydroxylation is 1. The lowest BCUT2D eigenvalue weighted by atomic mass is 10.2. The van der Waals surface area contributed by atoms with Crippen LogP contribution in [0.5, 0.6) is 0 Å². The van der Waals surface area contributed by atoms with Gasteiger partial charge in [-0.3, -0.25) is 4.79 Å². The van der Waals surface area contributed by atoms with Gasteiger partial charge in [-0.25, -0.2) is 15.4 Å². The number of carbonyl (C=O) groups is 1. The summed E-state index contributed by atoms with van der Waals surface area (Å²) in [5, 5.41) is 5.73. The second-order valence-electron chi connectivity index (χ2n) is 5.90. The molecule has 3 rings (SSSR count). The first kappa shape index (κ1) is 20.4. The summed E-state index contributed by atoms with van der Waals surface area (Å²) >= 11 is 13.5. The molecule has 0 unspecified atom stereocenters. The van der Waals surface area contributed by atoms with Crippen molar-refractivity contribution < 1.29 is 4.79 Å². The summed E-state index contributed by atoms with van der Waals surface area (Å²) in [6.07, 6.45) is 4.88. The van der Waals surface area contributed by atoms with Crippen molar-refractivity contribution in [1.82, 2.24) is 20.0 Å². The fourth-order valence-corrected chi connectivity index (χ4v) is 3.79. The van der Waals surface area contributed by atoms with E-state index >= 15 is 0 Å². The van der Waals surface area contributed by atoms with E-state index in [4.69, 9.17) is 23.2 Å². The molecule has 0 aliphatic heterocycles. The highest BCUT2D eigenvalue weighted by Crippen LogP contribution is 2.26. The maximum Gasteiger partial charge on any atom is 0.250 e. The van der Waals surface area contributed by atoms with Gasteiger partial charge in [-0.05, 0) is 44.2 Å². The lowest BCUT2D eigenvalue weighted by molar-refractivity contribution is -0.118. The number of halogens is 2. The molecular formula is C19H17Cl2N5OS. The molecule has 6 nitrogen and oxygen atoms in total. The highest BCUT2D eigenvalue weighted by atomic mass is 35.5. The first-order valence-corrected chi connectivity index (χ1v) is 10.1. The third-order valence-electron chi connectivity index (χ3n) is 3.84. The number of aromatic nitrogens is 3. The molecule has 144 valence electrons. The van der Waals surface area contributed by atoms with Crippen molar-refractivity contribution in [3.63, 3.8) is 0 Å². The van der Waals surface area contributed by atoms with E-state index in [1.54, 1.807) is 30.7 Å². The van der Waals surface area contributed by atoms with Gasteiger partial charge in [-0.2, -0.15) is 5.10 Å². The zero-order chi connectivity index (χ0) is 20.1. The molecule has 9 heteroatoms. The molecule has 28 heavy (non-hydrogen) atoms. The highest BCUT2D eigenvalue weighted by molar-refractivity contribution is 7.99. The number of hydrazone groups is 1. The molecule has 0 atom stereocenters. The largest absolute Gasteiger partial charge is 0.318 e. The molecule has 0 aliphatic rings. The topological polar surface area (TPSA) is 72.2 Å². The quantitative estimate of drug-likeness (QED) is 0.270. The van der Waals surface area contributed by atoms with Crippen LogP contribution in [0.1, 0.15) is 17.0 Å². The van der Waals surface area contributed by atoms with Gasteiger partial charge in [-0.1, -0.05) is 35.0 Å². The van der Waals surface area contributed by atoms with Gasteiger partial charge in [0.05, 0.1) is 12.0 Å². The summed E-state index contributed by atoms with van der Waals surface area (Å²) in [5.74, 6) is -0.0504. The average Bonchev–Trinajstić information content (AvgIpc) is 2.93. The van der Waals surface area contributed by atoms with Crippen molar-refractivity contribution in [3.05, 3.63) is 69.7 Å². The molecule has 3 aromatic rings. The molecule has 0 aliphatic carbocycles. The molecule has 0 saturated heterocycles. The van der Waals surface area contributed by atoms with E-state index in [1.165, 1.54) is 11.8 Å². The minimum atomic E-state index is -0.232. The van der Waals surface area contributed by atoms with E-state index in [9.17, 15) is 4.79 Å². The standard InChI is InChI=1S/C19H17Cl2N5OS/c1-12-6-14(13(2)26(12)17-8-15(20)7-16(21)9-17)10-24-25-18(27)11-28-19-22-4-3-5-23-19/h3-10H,11H2,1-2H3,(H,25,27)/b24-10-. The Bertz CT molecular complexity index is 1000. The number of carbonyl (C=O) groups excluding carboxylic acids is 1. The second kappa shape index (κ2) is 9.23. The van der Waals surface area contributed by atoms with Gasteiger partial charge in [0.25, 0.3) is 5.91 Å². The molecule has 1 aromatic carbocycles. The van der Waals surface area contributed by atoms with Crippen LogP contribution in [0.2, 0.25) is 10.0 Å². The number of hydrogen-bond acceptors (Lipinski definition) is 5. The maximum absolute atomic E-state index is 11.9. The average molecular weight is 434 g/mol. The van der Waals surface area contributed by atoms with Gasteiger partial charge >= 0.3 is 0 Å². The summed E-state index contributed by atoms with van der Waals surface area (Å²) in [7, 11) is 0. The van der Waals surface area contributed by atoms with Crippen LogP contribution in [0, 0.1) is 13.8 Å². The van der Waals surface area contributed by atoms with Crippen molar-refractivity contribution in [3.8, 4) is 5.69 Å². The van der Waals surface area contributed by atoms with E-state index in [2.05, 4.69) is 20.5 Å². The van der Waals surface area contributed by atoms with Crippen LogP contribution in [0.25, 0.3) is 5.69 Å². The van der Waals surface area contributed by atoms with Crippen LogP contribution >= 0.6 is 35.0 Å². The Balaban J connectivity index is 1.67. The van der Waals surface area contributed by atoms with Crippen LogP contribution in [-0.4, -0.2) is 32.4 Å². The van der Waals surface area contributed by atoms with E-state index in [0.717, 1.165) is 22.6 Å². The molecule has 2 aromatic heterocycles. The predicted octanol–water partition coefficient (Wildman–Crippen LogP) is 4.43. The number of thioether (sulfide) groups is 1. The predicted molar refractivity (Wildman–Crippen MR) is 114 cm³/mol. The molecule has 0 spiro atoms. The zero-order valence-corrected chi connectivity index (χ0v) is 17.5. The summed E-state index contributed by atoms with van der Waals surface area (Å²) in [6, 6.07) is 9.09. The third kappa shape index (κ3) is 5.13. The van der Waals surface area contributed by atoms with E-state index < -0.39 is 0 Å². The maximum atomic E-state index is 11.9. The van der Waals surface area contributed by atoms with Crippen LogP contribution < -0.4 is 5.43 Å². The summed E-state index contributed by atoms with van der Waals surface area (Å²) in [4.78, 5) is 20.0. The van der Waals surface area contributed by atoms with Crippen LogP contribution in [0.15, 0.2) is 53.0 Å². The summed E-state index contributed by atoms with van der Waals surface area (Å²) in [5.41, 5.74) is 6.23. The van der Waals surface area contributed by atoms with Gasteiger partial charge in [0.2, 0.25) is 0 Å². The Morgan fingerprint density at radius 2 is 1.86 bits per heavy atom. The lowest BCUT2D eigenvalue weighted by Gasteiger charge is -2.10. The number of amides is 1. The number of nitrogens with one attached hydrogen (secondary N) is 1. The molecular weight excluding hydrogens is 417 g/mol. The molecule has 1 N–H and O–H groups in total. The Morgan fingerprint density at radius 1 is 1.18 bits per heavy atom. The number of nitrogens with zero attached hydrogens (tertiary/aromatic N) is 4. The first-order chi connectivity index (χ1) is 13.4. The molecule has 2 heterocycles. The molecule has 1 amide bonds. The number of benzene rings is 1. The number of rotatable bonds is 6. The minimum absolute atomic E-state index is 0.182. The summed E-state index contributed by atoms with van der Waals surface area (Å²) in [6.45, 7) is 3.95. The smallest absolute Gasteiger partial charge is 0.250 e. The van der Waals surface area contributed by atoms with E-state index in [1.807, 2.05) is 36.6 Å². The van der Waals surface area contributed by atoms with Crippen molar-refractivity contribution in [2.45, 2.75) is 19.0 Å².